The van der Waals surface area contributed by atoms with Crippen LogP contribution >= 0.6 is 11.3 Å². The van der Waals surface area contributed by atoms with Gasteiger partial charge in [-0.15, -0.1) is 11.3 Å². The van der Waals surface area contributed by atoms with E-state index in [9.17, 15) is 0 Å². The second kappa shape index (κ2) is 6.51. The van der Waals surface area contributed by atoms with E-state index in [2.05, 4.69) is 62.7 Å². The second-order valence-electron chi connectivity index (χ2n) is 6.29. The molecule has 0 amide bonds. The molecule has 0 fully saturated rings. The van der Waals surface area contributed by atoms with Crippen molar-refractivity contribution in [3.63, 3.8) is 0 Å². The number of hydrogen-bond donors (Lipinski definition) is 1. The van der Waals surface area contributed by atoms with Crippen molar-refractivity contribution < 1.29 is 0 Å². The van der Waals surface area contributed by atoms with Crippen molar-refractivity contribution in [1.82, 2.24) is 10.3 Å². The van der Waals surface area contributed by atoms with Gasteiger partial charge in [0.1, 0.15) is 5.01 Å². The van der Waals surface area contributed by atoms with Gasteiger partial charge in [-0.1, -0.05) is 50.6 Å². The largest absolute Gasteiger partial charge is 0.310 e. The maximum absolute atomic E-state index is 4.70. The molecular formula is C17H24N2S. The molecule has 1 aromatic carbocycles. The minimum Gasteiger partial charge on any atom is -0.310 e. The molecule has 2 rings (SSSR count). The van der Waals surface area contributed by atoms with Crippen LogP contribution in [0.25, 0.3) is 0 Å². The molecule has 0 atom stereocenters. The van der Waals surface area contributed by atoms with Gasteiger partial charge in [-0.05, 0) is 25.5 Å². The van der Waals surface area contributed by atoms with Crippen LogP contribution in [0.15, 0.2) is 29.6 Å². The molecule has 2 nitrogen and oxygen atoms in total. The van der Waals surface area contributed by atoms with Crippen molar-refractivity contribution in [2.45, 2.75) is 46.1 Å². The number of aromatic nitrogens is 1. The molecule has 0 radical (unpaired) electrons. The Kier molecular flexibility index (Phi) is 4.95. The number of hydrogen-bond acceptors (Lipinski definition) is 3. The number of benzene rings is 1. The van der Waals surface area contributed by atoms with Gasteiger partial charge in [0.05, 0.1) is 5.69 Å². The molecule has 0 unspecified atom stereocenters. The van der Waals surface area contributed by atoms with Crippen LogP contribution in [0.5, 0.6) is 0 Å². The summed E-state index contributed by atoms with van der Waals surface area (Å²) in [4.78, 5) is 4.70. The third kappa shape index (κ3) is 4.43. The average molecular weight is 288 g/mol. The minimum atomic E-state index is 0.149. The number of thiazole rings is 1. The first-order valence-electron chi connectivity index (χ1n) is 7.16. The number of aryl methyl sites for hydroxylation is 1. The standard InChI is InChI=1S/C17H24N2S/c1-13-6-5-7-14(10-13)8-9-18-11-16-19-15(12-20-16)17(2,3)4/h5-7,10,12,18H,8-9,11H2,1-4H3. The smallest absolute Gasteiger partial charge is 0.107 e. The number of rotatable bonds is 5. The van der Waals surface area contributed by atoms with Crippen LogP contribution in [0.4, 0.5) is 0 Å². The van der Waals surface area contributed by atoms with Crippen LogP contribution in [0.1, 0.15) is 42.6 Å². The zero-order valence-corrected chi connectivity index (χ0v) is 13.7. The molecule has 0 aliphatic rings. The predicted octanol–water partition coefficient (Wildman–Crippen LogP) is 4.08. The fourth-order valence-corrected chi connectivity index (χ4v) is 3.02. The monoisotopic (exact) mass is 288 g/mol. The Labute approximate surface area is 126 Å². The Balaban J connectivity index is 1.77. The summed E-state index contributed by atoms with van der Waals surface area (Å²) in [5, 5.41) is 6.84. The summed E-state index contributed by atoms with van der Waals surface area (Å²) in [6.45, 7) is 10.6. The lowest BCUT2D eigenvalue weighted by atomic mass is 9.93. The first-order chi connectivity index (χ1) is 9.45. The van der Waals surface area contributed by atoms with Gasteiger partial charge in [-0.25, -0.2) is 4.98 Å². The SMILES string of the molecule is Cc1cccc(CCNCc2nc(C(C)(C)C)cs2)c1. The van der Waals surface area contributed by atoms with Gasteiger partial charge in [-0.2, -0.15) is 0 Å². The van der Waals surface area contributed by atoms with E-state index in [4.69, 9.17) is 4.98 Å². The van der Waals surface area contributed by atoms with Gasteiger partial charge < -0.3 is 5.32 Å². The Hall–Kier alpha value is -1.19. The zero-order chi connectivity index (χ0) is 14.6. The topological polar surface area (TPSA) is 24.9 Å². The Morgan fingerprint density at radius 3 is 2.70 bits per heavy atom. The van der Waals surface area contributed by atoms with E-state index in [1.54, 1.807) is 11.3 Å². The van der Waals surface area contributed by atoms with E-state index >= 15 is 0 Å². The molecular weight excluding hydrogens is 264 g/mol. The third-order valence-electron chi connectivity index (χ3n) is 3.27. The molecule has 2 aromatic rings. The summed E-state index contributed by atoms with van der Waals surface area (Å²) in [7, 11) is 0. The highest BCUT2D eigenvalue weighted by Gasteiger charge is 2.16. The summed E-state index contributed by atoms with van der Waals surface area (Å²) in [6.07, 6.45) is 1.07. The zero-order valence-electron chi connectivity index (χ0n) is 12.9. The summed E-state index contributed by atoms with van der Waals surface area (Å²) in [5.41, 5.74) is 4.07. The summed E-state index contributed by atoms with van der Waals surface area (Å²) in [6, 6.07) is 8.71. The lowest BCUT2D eigenvalue weighted by Gasteiger charge is -2.14. The van der Waals surface area contributed by atoms with Crippen LogP contribution in [-0.4, -0.2) is 11.5 Å². The van der Waals surface area contributed by atoms with Crippen molar-refractivity contribution in [2.75, 3.05) is 6.54 Å². The Morgan fingerprint density at radius 1 is 1.25 bits per heavy atom. The molecule has 0 aliphatic carbocycles. The fourth-order valence-electron chi connectivity index (χ4n) is 2.03. The Bertz CT molecular complexity index is 552. The van der Waals surface area contributed by atoms with Crippen LogP contribution in [0.3, 0.4) is 0 Å². The van der Waals surface area contributed by atoms with Crippen LogP contribution in [-0.2, 0) is 18.4 Å². The molecule has 0 spiro atoms. The van der Waals surface area contributed by atoms with E-state index < -0.39 is 0 Å². The second-order valence-corrected chi connectivity index (χ2v) is 7.23. The van der Waals surface area contributed by atoms with Crippen LogP contribution in [0.2, 0.25) is 0 Å². The summed E-state index contributed by atoms with van der Waals surface area (Å²) in [5.74, 6) is 0. The van der Waals surface area contributed by atoms with Gasteiger partial charge >= 0.3 is 0 Å². The molecule has 0 aliphatic heterocycles. The first-order valence-corrected chi connectivity index (χ1v) is 8.04. The van der Waals surface area contributed by atoms with E-state index in [0.717, 1.165) is 19.5 Å². The summed E-state index contributed by atoms with van der Waals surface area (Å²) < 4.78 is 0. The van der Waals surface area contributed by atoms with Crippen molar-refractivity contribution in [1.29, 1.82) is 0 Å². The van der Waals surface area contributed by atoms with Crippen LogP contribution in [0, 0.1) is 6.92 Å². The van der Waals surface area contributed by atoms with E-state index in [1.807, 2.05) is 0 Å². The molecule has 3 heteroatoms. The highest BCUT2D eigenvalue weighted by Crippen LogP contribution is 2.23. The van der Waals surface area contributed by atoms with Crippen LogP contribution < -0.4 is 5.32 Å². The fraction of sp³-hybridized carbons (Fsp3) is 0.471. The van der Waals surface area contributed by atoms with Crippen molar-refractivity contribution >= 4 is 11.3 Å². The highest BCUT2D eigenvalue weighted by atomic mass is 32.1. The molecule has 0 bridgehead atoms. The maximum atomic E-state index is 4.70. The minimum absolute atomic E-state index is 0.149. The van der Waals surface area contributed by atoms with E-state index in [0.29, 0.717) is 0 Å². The molecule has 1 aromatic heterocycles. The Morgan fingerprint density at radius 2 is 2.05 bits per heavy atom. The molecule has 0 saturated carbocycles. The quantitative estimate of drug-likeness (QED) is 0.839. The lowest BCUT2D eigenvalue weighted by molar-refractivity contribution is 0.568. The van der Waals surface area contributed by atoms with Crippen molar-refractivity contribution in [3.05, 3.63) is 51.5 Å². The van der Waals surface area contributed by atoms with Crippen molar-refractivity contribution in [2.24, 2.45) is 0 Å². The molecule has 1 N–H and O–H groups in total. The van der Waals surface area contributed by atoms with Gasteiger partial charge in [0.15, 0.2) is 0 Å². The normalized spacial score (nSPS) is 11.8. The first kappa shape index (κ1) is 15.2. The average Bonchev–Trinajstić information content (AvgIpc) is 2.83. The molecule has 1 heterocycles. The molecule has 108 valence electrons. The highest BCUT2D eigenvalue weighted by molar-refractivity contribution is 7.09. The predicted molar refractivity (Wildman–Crippen MR) is 87.4 cm³/mol. The van der Waals surface area contributed by atoms with Gasteiger partial charge in [0.25, 0.3) is 0 Å². The van der Waals surface area contributed by atoms with E-state index in [-0.39, 0.29) is 5.41 Å². The van der Waals surface area contributed by atoms with Gasteiger partial charge in [-0.3, -0.25) is 0 Å². The molecule has 0 saturated heterocycles. The van der Waals surface area contributed by atoms with Gasteiger partial charge in [0.2, 0.25) is 0 Å². The van der Waals surface area contributed by atoms with Crippen molar-refractivity contribution in [3.8, 4) is 0 Å². The lowest BCUT2D eigenvalue weighted by Crippen LogP contribution is -2.17. The maximum Gasteiger partial charge on any atom is 0.107 e. The number of nitrogens with one attached hydrogen (secondary N) is 1. The van der Waals surface area contributed by atoms with Gasteiger partial charge in [0, 0.05) is 17.3 Å². The summed E-state index contributed by atoms with van der Waals surface area (Å²) >= 11 is 1.75. The van der Waals surface area contributed by atoms with E-state index in [1.165, 1.54) is 21.8 Å². The molecule has 20 heavy (non-hydrogen) atoms. The third-order valence-corrected chi connectivity index (χ3v) is 4.12. The number of nitrogens with zero attached hydrogens (tertiary/aromatic N) is 1.